The molecule has 0 amide bonds. The fraction of sp³-hybridized carbons (Fsp3) is 0.455. The Morgan fingerprint density at radius 3 is 2.50 bits per heavy atom. The van der Waals surface area contributed by atoms with Gasteiger partial charge in [0.15, 0.2) is 0 Å². The van der Waals surface area contributed by atoms with Crippen LogP contribution >= 0.6 is 0 Å². The summed E-state index contributed by atoms with van der Waals surface area (Å²) in [7, 11) is 0. The first-order chi connectivity index (χ1) is 6.57. The van der Waals surface area contributed by atoms with Crippen LogP contribution in [0, 0.1) is 11.8 Å². The van der Waals surface area contributed by atoms with E-state index in [9.17, 15) is 9.59 Å². The highest BCUT2D eigenvalue weighted by molar-refractivity contribution is 5.94. The van der Waals surface area contributed by atoms with Crippen LogP contribution in [0.1, 0.15) is 20.8 Å². The van der Waals surface area contributed by atoms with E-state index in [1.807, 2.05) is 26.8 Å². The lowest BCUT2D eigenvalue weighted by Crippen LogP contribution is -2.19. The van der Waals surface area contributed by atoms with Gasteiger partial charge >= 0.3 is 12.4 Å². The highest BCUT2D eigenvalue weighted by Crippen LogP contribution is 2.28. The third-order valence-corrected chi connectivity index (χ3v) is 2.63. The number of hydrogen-bond donors (Lipinski definition) is 0. The molecular weight excluding hydrogens is 180 g/mol. The summed E-state index contributed by atoms with van der Waals surface area (Å²) in [6.45, 7) is 5.99. The smallest absolute Gasteiger partial charge is 0.342 e. The molecule has 14 heavy (non-hydrogen) atoms. The van der Waals surface area contributed by atoms with Crippen molar-refractivity contribution in [3.05, 3.63) is 23.3 Å². The third-order valence-electron chi connectivity index (χ3n) is 2.63. The molecule has 3 heteroatoms. The van der Waals surface area contributed by atoms with Crippen molar-refractivity contribution in [3.8, 4) is 0 Å². The van der Waals surface area contributed by atoms with Gasteiger partial charge < -0.3 is 4.74 Å². The van der Waals surface area contributed by atoms with Gasteiger partial charge in [-0.05, 0) is 12.8 Å². The molecule has 0 radical (unpaired) electrons. The molecule has 3 nitrogen and oxygen atoms in total. The molecule has 1 aliphatic carbocycles. The highest BCUT2D eigenvalue weighted by atomic mass is 16.6. The Morgan fingerprint density at radius 2 is 1.93 bits per heavy atom. The van der Waals surface area contributed by atoms with Crippen molar-refractivity contribution in [2.45, 2.75) is 20.8 Å². The maximum atomic E-state index is 11.4. The van der Waals surface area contributed by atoms with E-state index in [1.165, 1.54) is 0 Å². The van der Waals surface area contributed by atoms with Gasteiger partial charge in [0.1, 0.15) is 0 Å². The first kappa shape index (κ1) is 10.7. The van der Waals surface area contributed by atoms with E-state index in [4.69, 9.17) is 0 Å². The number of carbonyl (C=O) groups is 2. The van der Waals surface area contributed by atoms with Crippen LogP contribution in [0.15, 0.2) is 23.3 Å². The second kappa shape index (κ2) is 4.22. The fourth-order valence-electron chi connectivity index (χ4n) is 1.63. The molecule has 76 valence electrons. The van der Waals surface area contributed by atoms with Gasteiger partial charge in [-0.2, -0.15) is 0 Å². The van der Waals surface area contributed by atoms with Gasteiger partial charge in [0.05, 0.1) is 0 Å². The molecule has 0 bridgehead atoms. The van der Waals surface area contributed by atoms with Gasteiger partial charge in [-0.25, -0.2) is 4.79 Å². The minimum absolute atomic E-state index is 0.0265. The lowest BCUT2D eigenvalue weighted by molar-refractivity contribution is -0.148. The lowest BCUT2D eigenvalue weighted by atomic mass is 9.84. The number of carbonyl (C=O) groups excluding carboxylic acids is 2. The normalized spacial score (nSPS) is 26.2. The zero-order valence-electron chi connectivity index (χ0n) is 8.61. The van der Waals surface area contributed by atoms with E-state index >= 15 is 0 Å². The van der Waals surface area contributed by atoms with E-state index < -0.39 is 5.97 Å². The molecule has 0 aromatic rings. The molecule has 0 fully saturated rings. The molecular formula is C11H14O3. The summed E-state index contributed by atoms with van der Waals surface area (Å²) in [5, 5.41) is 0. The van der Waals surface area contributed by atoms with Gasteiger partial charge in [-0.3, -0.25) is 4.79 Å². The van der Waals surface area contributed by atoms with Gasteiger partial charge in [0.25, 0.3) is 0 Å². The van der Waals surface area contributed by atoms with Gasteiger partial charge in [-0.1, -0.05) is 31.6 Å². The quantitative estimate of drug-likeness (QED) is 0.291. The molecule has 0 spiro atoms. The first-order valence-corrected chi connectivity index (χ1v) is 4.61. The van der Waals surface area contributed by atoms with Gasteiger partial charge in [-0.15, -0.1) is 0 Å². The Balaban J connectivity index is 2.98. The van der Waals surface area contributed by atoms with Crippen LogP contribution in [-0.4, -0.2) is 12.4 Å². The van der Waals surface area contributed by atoms with E-state index in [0.29, 0.717) is 5.57 Å². The molecule has 2 unspecified atom stereocenters. The van der Waals surface area contributed by atoms with Crippen molar-refractivity contribution in [2.75, 3.05) is 0 Å². The summed E-state index contributed by atoms with van der Waals surface area (Å²) in [5.41, 5.74) is 1.58. The minimum Gasteiger partial charge on any atom is -0.392 e. The summed E-state index contributed by atoms with van der Waals surface area (Å²) in [6, 6.07) is 0. The van der Waals surface area contributed by atoms with Gasteiger partial charge in [0, 0.05) is 11.5 Å². The van der Waals surface area contributed by atoms with Crippen LogP contribution in [0.4, 0.5) is 0 Å². The standard InChI is InChI=1S/C11H14O3/c1-7-4-5-8(2)10(9(7)3)11(13)14-6-12/h4-8H,1-3H3. The Labute approximate surface area is 83.4 Å². The van der Waals surface area contributed by atoms with Crippen LogP contribution in [0.2, 0.25) is 0 Å². The monoisotopic (exact) mass is 194 g/mol. The first-order valence-electron chi connectivity index (χ1n) is 4.61. The molecule has 0 saturated carbocycles. The summed E-state index contributed by atoms with van der Waals surface area (Å²) in [4.78, 5) is 21.5. The zero-order valence-corrected chi connectivity index (χ0v) is 8.61. The average molecular weight is 194 g/mol. The maximum absolute atomic E-state index is 11.4. The van der Waals surface area contributed by atoms with E-state index in [0.717, 1.165) is 5.57 Å². The number of rotatable bonds is 2. The topological polar surface area (TPSA) is 43.4 Å². The van der Waals surface area contributed by atoms with Crippen LogP contribution in [0.5, 0.6) is 0 Å². The Hall–Kier alpha value is -1.38. The van der Waals surface area contributed by atoms with Crippen molar-refractivity contribution in [1.29, 1.82) is 0 Å². The van der Waals surface area contributed by atoms with Crippen molar-refractivity contribution >= 4 is 12.4 Å². The fourth-order valence-corrected chi connectivity index (χ4v) is 1.63. The zero-order chi connectivity index (χ0) is 10.7. The van der Waals surface area contributed by atoms with Crippen LogP contribution in [0.25, 0.3) is 0 Å². The minimum atomic E-state index is -0.527. The summed E-state index contributed by atoms with van der Waals surface area (Å²) in [5.74, 6) is -0.264. The molecule has 0 N–H and O–H groups in total. The molecule has 0 saturated heterocycles. The average Bonchev–Trinajstić information content (AvgIpc) is 2.13. The third kappa shape index (κ3) is 1.92. The van der Waals surface area contributed by atoms with E-state index in [-0.39, 0.29) is 18.3 Å². The molecule has 1 rings (SSSR count). The predicted molar refractivity (Wildman–Crippen MR) is 52.3 cm³/mol. The van der Waals surface area contributed by atoms with Crippen molar-refractivity contribution in [1.82, 2.24) is 0 Å². The Morgan fingerprint density at radius 1 is 1.36 bits per heavy atom. The second-order valence-corrected chi connectivity index (χ2v) is 3.56. The Bertz CT molecular complexity index is 312. The molecule has 0 heterocycles. The number of ether oxygens (including phenoxy) is 1. The lowest BCUT2D eigenvalue weighted by Gasteiger charge is -2.21. The van der Waals surface area contributed by atoms with Crippen molar-refractivity contribution in [2.24, 2.45) is 11.8 Å². The van der Waals surface area contributed by atoms with Crippen molar-refractivity contribution < 1.29 is 14.3 Å². The molecule has 2 atom stereocenters. The molecule has 1 aliphatic rings. The predicted octanol–water partition coefficient (Wildman–Crippen LogP) is 1.84. The summed E-state index contributed by atoms with van der Waals surface area (Å²) < 4.78 is 4.36. The number of esters is 1. The van der Waals surface area contributed by atoms with Crippen molar-refractivity contribution in [3.63, 3.8) is 0 Å². The number of allylic oxidation sites excluding steroid dienone is 3. The highest BCUT2D eigenvalue weighted by Gasteiger charge is 2.24. The van der Waals surface area contributed by atoms with E-state index in [2.05, 4.69) is 10.8 Å². The summed E-state index contributed by atoms with van der Waals surface area (Å²) >= 11 is 0. The Kier molecular flexibility index (Phi) is 3.23. The van der Waals surface area contributed by atoms with Crippen LogP contribution < -0.4 is 0 Å². The molecule has 0 aromatic heterocycles. The second-order valence-electron chi connectivity index (χ2n) is 3.56. The maximum Gasteiger partial charge on any atom is 0.342 e. The van der Waals surface area contributed by atoms with Gasteiger partial charge in [0.2, 0.25) is 0 Å². The van der Waals surface area contributed by atoms with Crippen LogP contribution in [0.3, 0.4) is 0 Å². The molecule has 0 aromatic carbocycles. The number of hydrogen-bond acceptors (Lipinski definition) is 3. The molecule has 0 aliphatic heterocycles. The SMILES string of the molecule is CC1=C(C(=O)OC=O)C(C)C=CC1C. The van der Waals surface area contributed by atoms with E-state index in [1.54, 1.807) is 0 Å². The largest absolute Gasteiger partial charge is 0.392 e. The van der Waals surface area contributed by atoms with Crippen LogP contribution in [-0.2, 0) is 14.3 Å². The summed E-state index contributed by atoms with van der Waals surface area (Å²) in [6.07, 6.45) is 4.01.